The number of carbonyl (C=O) groups is 2. The predicted molar refractivity (Wildman–Crippen MR) is 110 cm³/mol. The van der Waals surface area contributed by atoms with E-state index in [0.717, 1.165) is 35.1 Å². The maximum Gasteiger partial charge on any atom is 0.340 e. The molecule has 0 radical (unpaired) electrons. The Labute approximate surface area is 169 Å². The van der Waals surface area contributed by atoms with Gasteiger partial charge in [-0.3, -0.25) is 4.79 Å². The molecule has 0 aliphatic carbocycles. The lowest BCUT2D eigenvalue weighted by Gasteiger charge is -2.17. The Morgan fingerprint density at radius 1 is 1.14 bits per heavy atom. The fourth-order valence-corrected chi connectivity index (χ4v) is 3.71. The number of aromatic nitrogens is 1. The second-order valence-corrected chi connectivity index (χ2v) is 7.00. The van der Waals surface area contributed by atoms with Gasteiger partial charge in [0.05, 0.1) is 23.9 Å². The first-order valence-electron chi connectivity index (χ1n) is 9.58. The number of para-hydroxylation sites is 1. The van der Waals surface area contributed by atoms with Gasteiger partial charge in [-0.25, -0.2) is 9.78 Å². The zero-order valence-electron chi connectivity index (χ0n) is 16.5. The Morgan fingerprint density at radius 2 is 1.90 bits per heavy atom. The van der Waals surface area contributed by atoms with Crippen molar-refractivity contribution in [3.05, 3.63) is 65.4 Å². The molecule has 29 heavy (non-hydrogen) atoms. The molecule has 2 aromatic carbocycles. The summed E-state index contributed by atoms with van der Waals surface area (Å²) in [5, 5.41) is 0.913. The summed E-state index contributed by atoms with van der Waals surface area (Å²) in [6.07, 6.45) is 1.49. The number of rotatable bonds is 5. The van der Waals surface area contributed by atoms with Gasteiger partial charge in [0.25, 0.3) is 0 Å². The van der Waals surface area contributed by atoms with E-state index >= 15 is 0 Å². The van der Waals surface area contributed by atoms with Crippen LogP contribution in [0, 0.1) is 6.92 Å². The quantitative estimate of drug-likeness (QED) is 0.615. The van der Waals surface area contributed by atoms with Gasteiger partial charge in [0.1, 0.15) is 12.4 Å². The first kappa shape index (κ1) is 18.9. The third-order valence-corrected chi connectivity index (χ3v) is 5.21. The summed E-state index contributed by atoms with van der Waals surface area (Å²) in [6, 6.07) is 15.1. The molecule has 2 heterocycles. The van der Waals surface area contributed by atoms with Crippen molar-refractivity contribution in [1.82, 2.24) is 4.98 Å². The van der Waals surface area contributed by atoms with Crippen molar-refractivity contribution in [3.63, 3.8) is 0 Å². The monoisotopic (exact) mass is 390 g/mol. The number of ether oxygens (including phenoxy) is 2. The third-order valence-electron chi connectivity index (χ3n) is 5.21. The van der Waals surface area contributed by atoms with E-state index in [1.54, 1.807) is 4.90 Å². The molecule has 148 valence electrons. The zero-order valence-corrected chi connectivity index (χ0v) is 16.5. The highest BCUT2D eigenvalue weighted by molar-refractivity contribution is 5.98. The molecule has 1 amide bonds. The first-order valence-corrected chi connectivity index (χ1v) is 9.58. The number of nitrogens with zero attached hydrogens (tertiary/aromatic N) is 2. The minimum Gasteiger partial charge on any atom is -0.487 e. The molecule has 1 aliphatic heterocycles. The standard InChI is InChI=1S/C23H22N2O4/c1-15-18-6-3-4-7-19(18)24-20(22(15)23(27)28-2)14-29-17-11-9-16(10-12-17)25-13-5-8-21(25)26/h3-4,6-7,9-12H,5,8,13-14H2,1-2H3. The van der Waals surface area contributed by atoms with Crippen LogP contribution in [0.3, 0.4) is 0 Å². The SMILES string of the molecule is COC(=O)c1c(COc2ccc(N3CCCC3=O)cc2)nc2ccccc2c1C. The van der Waals surface area contributed by atoms with Crippen LogP contribution in [-0.4, -0.2) is 30.5 Å². The van der Waals surface area contributed by atoms with Crippen LogP contribution >= 0.6 is 0 Å². The van der Waals surface area contributed by atoms with Gasteiger partial charge in [-0.05, 0) is 49.2 Å². The molecule has 3 aromatic rings. The molecule has 6 heteroatoms. The smallest absolute Gasteiger partial charge is 0.340 e. The van der Waals surface area contributed by atoms with Gasteiger partial charge in [-0.15, -0.1) is 0 Å². The molecule has 6 nitrogen and oxygen atoms in total. The fourth-order valence-electron chi connectivity index (χ4n) is 3.71. The molecule has 1 aromatic heterocycles. The van der Waals surface area contributed by atoms with Crippen molar-refractivity contribution in [2.24, 2.45) is 0 Å². The van der Waals surface area contributed by atoms with E-state index in [4.69, 9.17) is 9.47 Å². The number of anilines is 1. The van der Waals surface area contributed by atoms with Gasteiger partial charge >= 0.3 is 5.97 Å². The van der Waals surface area contributed by atoms with Crippen LogP contribution in [0.25, 0.3) is 10.9 Å². The van der Waals surface area contributed by atoms with E-state index in [-0.39, 0.29) is 12.5 Å². The number of esters is 1. The van der Waals surface area contributed by atoms with Crippen LogP contribution in [0.2, 0.25) is 0 Å². The number of pyridine rings is 1. The van der Waals surface area contributed by atoms with Gasteiger partial charge < -0.3 is 14.4 Å². The molecule has 1 fully saturated rings. The maximum atomic E-state index is 12.4. The van der Waals surface area contributed by atoms with Crippen LogP contribution in [0.1, 0.15) is 34.5 Å². The van der Waals surface area contributed by atoms with E-state index in [9.17, 15) is 9.59 Å². The van der Waals surface area contributed by atoms with E-state index in [1.165, 1.54) is 7.11 Å². The lowest BCUT2D eigenvalue weighted by molar-refractivity contribution is -0.117. The average Bonchev–Trinajstić information content (AvgIpc) is 3.18. The Bertz CT molecular complexity index is 1080. The maximum absolute atomic E-state index is 12.4. The van der Waals surface area contributed by atoms with E-state index in [2.05, 4.69) is 4.98 Å². The number of fused-ring (bicyclic) bond motifs is 1. The Kier molecular flexibility index (Phi) is 5.16. The summed E-state index contributed by atoms with van der Waals surface area (Å²) >= 11 is 0. The second kappa shape index (κ2) is 7.91. The average molecular weight is 390 g/mol. The highest BCUT2D eigenvalue weighted by Gasteiger charge is 2.22. The number of hydrogen-bond acceptors (Lipinski definition) is 5. The highest BCUT2D eigenvalue weighted by atomic mass is 16.5. The highest BCUT2D eigenvalue weighted by Crippen LogP contribution is 2.27. The number of amides is 1. The van der Waals surface area contributed by atoms with Crippen molar-refractivity contribution in [3.8, 4) is 5.75 Å². The Balaban J connectivity index is 1.59. The van der Waals surface area contributed by atoms with Crippen molar-refractivity contribution in [2.45, 2.75) is 26.4 Å². The topological polar surface area (TPSA) is 68.7 Å². The predicted octanol–water partition coefficient (Wildman–Crippen LogP) is 4.04. The van der Waals surface area contributed by atoms with E-state index in [1.807, 2.05) is 55.5 Å². The summed E-state index contributed by atoms with van der Waals surface area (Å²) in [4.78, 5) is 30.7. The molecule has 0 spiro atoms. The van der Waals surface area contributed by atoms with Crippen LogP contribution in [0.15, 0.2) is 48.5 Å². The normalized spacial score (nSPS) is 13.7. The second-order valence-electron chi connectivity index (χ2n) is 7.00. The van der Waals surface area contributed by atoms with Gasteiger partial charge in [0.2, 0.25) is 5.91 Å². The summed E-state index contributed by atoms with van der Waals surface area (Å²) in [7, 11) is 1.36. The lowest BCUT2D eigenvalue weighted by atomic mass is 10.0. The van der Waals surface area contributed by atoms with Crippen molar-refractivity contribution >= 4 is 28.5 Å². The number of aryl methyl sites for hydroxylation is 1. The minimum atomic E-state index is -0.428. The molecule has 0 atom stereocenters. The molecular weight excluding hydrogens is 368 g/mol. The van der Waals surface area contributed by atoms with Gasteiger partial charge in [0.15, 0.2) is 0 Å². The van der Waals surface area contributed by atoms with E-state index in [0.29, 0.717) is 23.4 Å². The summed E-state index contributed by atoms with van der Waals surface area (Å²) < 4.78 is 10.9. The van der Waals surface area contributed by atoms with Crippen LogP contribution < -0.4 is 9.64 Å². The minimum absolute atomic E-state index is 0.137. The summed E-state index contributed by atoms with van der Waals surface area (Å²) in [5.74, 6) is 0.364. The third kappa shape index (κ3) is 3.66. The van der Waals surface area contributed by atoms with Crippen LogP contribution in [0.4, 0.5) is 5.69 Å². The molecule has 1 aliphatic rings. The molecule has 0 unspecified atom stereocenters. The lowest BCUT2D eigenvalue weighted by Crippen LogP contribution is -2.23. The Morgan fingerprint density at radius 3 is 2.59 bits per heavy atom. The summed E-state index contributed by atoms with van der Waals surface area (Å²) in [5.41, 5.74) is 3.47. The number of carbonyl (C=O) groups excluding carboxylic acids is 2. The van der Waals surface area contributed by atoms with Gasteiger partial charge in [-0.2, -0.15) is 0 Å². The first-order chi connectivity index (χ1) is 14.1. The van der Waals surface area contributed by atoms with Gasteiger partial charge in [0, 0.05) is 24.0 Å². The zero-order chi connectivity index (χ0) is 20.4. The molecular formula is C23H22N2O4. The number of hydrogen-bond donors (Lipinski definition) is 0. The Hall–Kier alpha value is -3.41. The van der Waals surface area contributed by atoms with Crippen molar-refractivity contribution in [1.29, 1.82) is 0 Å². The number of benzene rings is 2. The number of methoxy groups -OCH3 is 1. The van der Waals surface area contributed by atoms with E-state index < -0.39 is 5.97 Å². The largest absolute Gasteiger partial charge is 0.487 e. The van der Waals surface area contributed by atoms with Crippen LogP contribution in [-0.2, 0) is 16.1 Å². The van der Waals surface area contributed by atoms with Gasteiger partial charge in [-0.1, -0.05) is 18.2 Å². The molecule has 0 saturated carbocycles. The summed E-state index contributed by atoms with van der Waals surface area (Å²) in [6.45, 7) is 2.78. The molecule has 4 rings (SSSR count). The van der Waals surface area contributed by atoms with Crippen molar-refractivity contribution < 1.29 is 19.1 Å². The fraction of sp³-hybridized carbons (Fsp3) is 0.261. The molecule has 0 N–H and O–H groups in total. The van der Waals surface area contributed by atoms with Crippen molar-refractivity contribution in [2.75, 3.05) is 18.6 Å². The molecule has 1 saturated heterocycles. The van der Waals surface area contributed by atoms with Crippen LogP contribution in [0.5, 0.6) is 5.75 Å². The molecule has 0 bridgehead atoms.